The van der Waals surface area contributed by atoms with E-state index in [4.69, 9.17) is 11.6 Å². The van der Waals surface area contributed by atoms with Crippen molar-refractivity contribution in [1.82, 2.24) is 5.32 Å². The number of hydrogen-bond acceptors (Lipinski definition) is 2. The Kier molecular flexibility index (Phi) is 5.52. The van der Waals surface area contributed by atoms with Gasteiger partial charge < -0.3 is 10.6 Å². The molecule has 0 saturated carbocycles. The van der Waals surface area contributed by atoms with Crippen LogP contribution in [-0.2, 0) is 4.79 Å². The molecule has 116 valence electrons. The number of nitrogens with one attached hydrogen (secondary N) is 2. The summed E-state index contributed by atoms with van der Waals surface area (Å²) in [5, 5.41) is 6.02. The number of carbonyl (C=O) groups is 1. The quantitative estimate of drug-likeness (QED) is 0.871. The standard InChI is InChI=1S/C17H18ClFN2O/c1-11(2)20-10-16(22)21-15-9-5-7-13(17(15)19)12-6-3-4-8-14(12)18/h3-9,11,20H,10H2,1-2H3,(H,21,22). The predicted octanol–water partition coefficient (Wildman–Crippen LogP) is 4.08. The average molecular weight is 321 g/mol. The van der Waals surface area contributed by atoms with Crippen LogP contribution in [0.2, 0.25) is 5.02 Å². The number of carbonyl (C=O) groups excluding carboxylic acids is 1. The van der Waals surface area contributed by atoms with Crippen LogP contribution in [0.4, 0.5) is 10.1 Å². The second kappa shape index (κ2) is 7.38. The predicted molar refractivity (Wildman–Crippen MR) is 88.6 cm³/mol. The van der Waals surface area contributed by atoms with Crippen LogP contribution in [0.25, 0.3) is 11.1 Å². The molecule has 5 heteroatoms. The molecule has 0 aromatic heterocycles. The SMILES string of the molecule is CC(C)NCC(=O)Nc1cccc(-c2ccccc2Cl)c1F. The Balaban J connectivity index is 2.23. The van der Waals surface area contributed by atoms with E-state index in [2.05, 4.69) is 10.6 Å². The van der Waals surface area contributed by atoms with Gasteiger partial charge in [-0.1, -0.05) is 55.8 Å². The fourth-order valence-corrected chi connectivity index (χ4v) is 2.24. The number of hydrogen-bond donors (Lipinski definition) is 2. The molecule has 0 aliphatic rings. The van der Waals surface area contributed by atoms with Crippen LogP contribution in [0.1, 0.15) is 13.8 Å². The lowest BCUT2D eigenvalue weighted by Crippen LogP contribution is -2.32. The highest BCUT2D eigenvalue weighted by atomic mass is 35.5. The summed E-state index contributed by atoms with van der Waals surface area (Å²) in [4.78, 5) is 11.8. The maximum atomic E-state index is 14.6. The summed E-state index contributed by atoms with van der Waals surface area (Å²) in [5.74, 6) is -0.780. The molecule has 3 nitrogen and oxygen atoms in total. The van der Waals surface area contributed by atoms with Crippen molar-refractivity contribution in [3.63, 3.8) is 0 Å². The van der Waals surface area contributed by atoms with Crippen LogP contribution in [0.3, 0.4) is 0 Å². The van der Waals surface area contributed by atoms with Crippen LogP contribution >= 0.6 is 11.6 Å². The molecule has 0 aliphatic carbocycles. The molecule has 0 atom stereocenters. The van der Waals surface area contributed by atoms with Gasteiger partial charge in [0, 0.05) is 22.2 Å². The minimum atomic E-state index is -0.492. The molecule has 0 fully saturated rings. The Morgan fingerprint density at radius 1 is 1.14 bits per heavy atom. The minimum absolute atomic E-state index is 0.132. The highest BCUT2D eigenvalue weighted by Crippen LogP contribution is 2.32. The zero-order valence-corrected chi connectivity index (χ0v) is 13.2. The van der Waals surface area contributed by atoms with E-state index < -0.39 is 5.82 Å². The third-order valence-corrected chi connectivity index (χ3v) is 3.44. The summed E-state index contributed by atoms with van der Waals surface area (Å²) in [5.41, 5.74) is 1.10. The Labute approximate surface area is 134 Å². The first-order chi connectivity index (χ1) is 10.5. The number of halogens is 2. The van der Waals surface area contributed by atoms with E-state index >= 15 is 0 Å². The van der Waals surface area contributed by atoms with Crippen molar-refractivity contribution < 1.29 is 9.18 Å². The van der Waals surface area contributed by atoms with E-state index in [0.717, 1.165) is 0 Å². The van der Waals surface area contributed by atoms with E-state index in [9.17, 15) is 9.18 Å². The average Bonchev–Trinajstić information content (AvgIpc) is 2.48. The molecule has 2 rings (SSSR count). The van der Waals surface area contributed by atoms with E-state index in [1.54, 1.807) is 36.4 Å². The van der Waals surface area contributed by atoms with Crippen LogP contribution in [0, 0.1) is 5.82 Å². The molecule has 2 N–H and O–H groups in total. The van der Waals surface area contributed by atoms with Gasteiger partial charge in [0.1, 0.15) is 0 Å². The third kappa shape index (κ3) is 4.06. The molecule has 0 radical (unpaired) electrons. The maximum Gasteiger partial charge on any atom is 0.238 e. The molecule has 0 heterocycles. The van der Waals surface area contributed by atoms with E-state index in [0.29, 0.717) is 16.1 Å². The normalized spacial score (nSPS) is 10.8. The molecule has 0 aliphatic heterocycles. The van der Waals surface area contributed by atoms with Crippen molar-refractivity contribution in [3.8, 4) is 11.1 Å². The molecule has 22 heavy (non-hydrogen) atoms. The van der Waals surface area contributed by atoms with Gasteiger partial charge in [-0.25, -0.2) is 4.39 Å². The Bertz CT molecular complexity index is 673. The summed E-state index contributed by atoms with van der Waals surface area (Å²) in [6.07, 6.45) is 0. The Morgan fingerprint density at radius 3 is 2.50 bits per heavy atom. The van der Waals surface area contributed by atoms with Crippen molar-refractivity contribution in [3.05, 3.63) is 53.3 Å². The first-order valence-corrected chi connectivity index (χ1v) is 7.43. The van der Waals surface area contributed by atoms with Gasteiger partial charge in [0.2, 0.25) is 5.91 Å². The summed E-state index contributed by atoms with van der Waals surface area (Å²) in [7, 11) is 0. The second-order valence-corrected chi connectivity index (χ2v) is 5.64. The van der Waals surface area contributed by atoms with Crippen molar-refractivity contribution in [2.75, 3.05) is 11.9 Å². The lowest BCUT2D eigenvalue weighted by Gasteiger charge is -2.12. The summed E-state index contributed by atoms with van der Waals surface area (Å²) < 4.78 is 14.6. The molecule has 2 aromatic rings. The van der Waals surface area contributed by atoms with Gasteiger partial charge in [-0.05, 0) is 12.1 Å². The van der Waals surface area contributed by atoms with Crippen LogP contribution in [-0.4, -0.2) is 18.5 Å². The molecule has 2 aromatic carbocycles. The molecule has 1 amide bonds. The van der Waals surface area contributed by atoms with Crippen LogP contribution in [0.5, 0.6) is 0 Å². The Hall–Kier alpha value is -1.91. The number of amides is 1. The van der Waals surface area contributed by atoms with Gasteiger partial charge in [0.15, 0.2) is 5.82 Å². The van der Waals surface area contributed by atoms with Crippen LogP contribution in [0.15, 0.2) is 42.5 Å². The lowest BCUT2D eigenvalue weighted by atomic mass is 10.0. The molecule has 0 unspecified atom stereocenters. The van der Waals surface area contributed by atoms with Gasteiger partial charge >= 0.3 is 0 Å². The largest absolute Gasteiger partial charge is 0.322 e. The monoisotopic (exact) mass is 320 g/mol. The van der Waals surface area contributed by atoms with Crippen LogP contribution < -0.4 is 10.6 Å². The molecule has 0 bridgehead atoms. The van der Waals surface area contributed by atoms with Gasteiger partial charge in [0.05, 0.1) is 12.2 Å². The lowest BCUT2D eigenvalue weighted by molar-refractivity contribution is -0.115. The van der Waals surface area contributed by atoms with Crippen molar-refractivity contribution in [2.24, 2.45) is 0 Å². The number of rotatable bonds is 5. The summed E-state index contributed by atoms with van der Waals surface area (Å²) in [6, 6.07) is 12.1. The fourth-order valence-electron chi connectivity index (χ4n) is 2.01. The van der Waals surface area contributed by atoms with E-state index in [1.165, 1.54) is 6.07 Å². The Morgan fingerprint density at radius 2 is 1.82 bits per heavy atom. The van der Waals surface area contributed by atoms with Crippen molar-refractivity contribution >= 4 is 23.2 Å². The zero-order chi connectivity index (χ0) is 16.1. The van der Waals surface area contributed by atoms with Gasteiger partial charge in [-0.3, -0.25) is 4.79 Å². The van der Waals surface area contributed by atoms with Gasteiger partial charge in [0.25, 0.3) is 0 Å². The maximum absolute atomic E-state index is 14.6. The first-order valence-electron chi connectivity index (χ1n) is 7.05. The van der Waals surface area contributed by atoms with E-state index in [1.807, 2.05) is 13.8 Å². The van der Waals surface area contributed by atoms with Gasteiger partial charge in [-0.2, -0.15) is 0 Å². The highest BCUT2D eigenvalue weighted by Gasteiger charge is 2.14. The number of anilines is 1. The highest BCUT2D eigenvalue weighted by molar-refractivity contribution is 6.33. The van der Waals surface area contributed by atoms with E-state index in [-0.39, 0.29) is 24.2 Å². The molecular formula is C17H18ClFN2O. The fraction of sp³-hybridized carbons (Fsp3) is 0.235. The third-order valence-electron chi connectivity index (χ3n) is 3.11. The summed E-state index contributed by atoms with van der Waals surface area (Å²) >= 11 is 6.11. The number of benzene rings is 2. The second-order valence-electron chi connectivity index (χ2n) is 5.23. The van der Waals surface area contributed by atoms with Gasteiger partial charge in [-0.15, -0.1) is 0 Å². The van der Waals surface area contributed by atoms with Crippen molar-refractivity contribution in [1.29, 1.82) is 0 Å². The topological polar surface area (TPSA) is 41.1 Å². The first kappa shape index (κ1) is 16.5. The molecular weight excluding hydrogens is 303 g/mol. The smallest absolute Gasteiger partial charge is 0.238 e. The molecule has 0 saturated heterocycles. The zero-order valence-electron chi connectivity index (χ0n) is 12.5. The summed E-state index contributed by atoms with van der Waals surface area (Å²) in [6.45, 7) is 4.01. The van der Waals surface area contributed by atoms with Crippen molar-refractivity contribution in [2.45, 2.75) is 19.9 Å². The minimum Gasteiger partial charge on any atom is -0.322 e. The molecule has 0 spiro atoms.